The number of hydrogen-bond acceptors (Lipinski definition) is 5. The third-order valence-corrected chi connectivity index (χ3v) is 3.15. The van der Waals surface area contributed by atoms with Crippen molar-refractivity contribution in [2.45, 2.75) is 0 Å². The summed E-state index contributed by atoms with van der Waals surface area (Å²) in [6.07, 6.45) is 3.06. The molecule has 0 saturated carbocycles. The number of carbonyl (C=O) groups excluding carboxylic acids is 1. The number of aromatic nitrogens is 5. The Kier molecular flexibility index (Phi) is 3.69. The normalized spacial score (nSPS) is 10.3. The van der Waals surface area contributed by atoms with Crippen LogP contribution < -0.4 is 5.32 Å². The lowest BCUT2D eigenvalue weighted by molar-refractivity contribution is 0.102. The average molecular weight is 345 g/mol. The maximum absolute atomic E-state index is 12.1. The fourth-order valence-corrected chi connectivity index (χ4v) is 1.95. The third kappa shape index (κ3) is 3.11. The number of amides is 1. The standard InChI is InChI=1S/C13H9BrN6O/c14-9-4-5-12(15-7-9)13(21)17-10-2-1-3-11(6-10)20-8-16-18-19-20/h1-8H,(H,17,21). The van der Waals surface area contributed by atoms with Crippen molar-refractivity contribution in [2.75, 3.05) is 5.32 Å². The van der Waals surface area contributed by atoms with Crippen molar-refractivity contribution in [3.8, 4) is 5.69 Å². The summed E-state index contributed by atoms with van der Waals surface area (Å²) in [6, 6.07) is 10.6. The zero-order valence-corrected chi connectivity index (χ0v) is 12.2. The van der Waals surface area contributed by atoms with Crippen LogP contribution in [0.5, 0.6) is 0 Å². The number of pyridine rings is 1. The van der Waals surface area contributed by atoms with E-state index in [1.165, 1.54) is 11.0 Å². The van der Waals surface area contributed by atoms with E-state index >= 15 is 0 Å². The number of tetrazole rings is 1. The molecule has 2 aromatic heterocycles. The highest BCUT2D eigenvalue weighted by molar-refractivity contribution is 9.10. The number of halogens is 1. The Morgan fingerprint density at radius 1 is 1.24 bits per heavy atom. The first-order valence-corrected chi connectivity index (χ1v) is 6.78. The van der Waals surface area contributed by atoms with Gasteiger partial charge in [-0.2, -0.15) is 0 Å². The average Bonchev–Trinajstić information content (AvgIpc) is 3.02. The van der Waals surface area contributed by atoms with Gasteiger partial charge in [-0.05, 0) is 56.7 Å². The summed E-state index contributed by atoms with van der Waals surface area (Å²) in [6.45, 7) is 0. The molecule has 2 heterocycles. The number of carbonyl (C=O) groups is 1. The number of nitrogens with zero attached hydrogens (tertiary/aromatic N) is 5. The predicted molar refractivity (Wildman–Crippen MR) is 79.0 cm³/mol. The molecule has 3 aromatic rings. The minimum Gasteiger partial charge on any atom is -0.321 e. The summed E-state index contributed by atoms with van der Waals surface area (Å²) in [5.41, 5.74) is 1.73. The van der Waals surface area contributed by atoms with Crippen LogP contribution in [-0.2, 0) is 0 Å². The molecule has 7 nitrogen and oxygen atoms in total. The second-order valence-corrected chi connectivity index (χ2v) is 5.04. The molecule has 0 aliphatic heterocycles. The zero-order valence-electron chi connectivity index (χ0n) is 10.6. The second-order valence-electron chi connectivity index (χ2n) is 4.12. The molecule has 1 aromatic carbocycles. The lowest BCUT2D eigenvalue weighted by atomic mass is 10.2. The van der Waals surface area contributed by atoms with E-state index in [9.17, 15) is 4.79 Å². The third-order valence-electron chi connectivity index (χ3n) is 2.68. The summed E-state index contributed by atoms with van der Waals surface area (Å²) in [4.78, 5) is 16.1. The van der Waals surface area contributed by atoms with E-state index in [0.717, 1.165) is 10.2 Å². The number of benzene rings is 1. The van der Waals surface area contributed by atoms with Gasteiger partial charge in [0.15, 0.2) is 0 Å². The van der Waals surface area contributed by atoms with Crippen LogP contribution in [0, 0.1) is 0 Å². The Bertz CT molecular complexity index is 757. The molecule has 0 radical (unpaired) electrons. The van der Waals surface area contributed by atoms with Crippen molar-refractivity contribution in [2.24, 2.45) is 0 Å². The van der Waals surface area contributed by atoms with Gasteiger partial charge in [0.25, 0.3) is 5.91 Å². The van der Waals surface area contributed by atoms with Gasteiger partial charge in [0.2, 0.25) is 0 Å². The van der Waals surface area contributed by atoms with Crippen LogP contribution in [0.25, 0.3) is 5.69 Å². The van der Waals surface area contributed by atoms with E-state index in [-0.39, 0.29) is 5.91 Å². The quantitative estimate of drug-likeness (QED) is 0.785. The summed E-state index contributed by atoms with van der Waals surface area (Å²) in [7, 11) is 0. The largest absolute Gasteiger partial charge is 0.321 e. The molecule has 0 saturated heterocycles. The van der Waals surface area contributed by atoms with E-state index in [1.54, 1.807) is 30.5 Å². The molecule has 3 rings (SSSR count). The van der Waals surface area contributed by atoms with Crippen LogP contribution >= 0.6 is 15.9 Å². The molecular formula is C13H9BrN6O. The van der Waals surface area contributed by atoms with Gasteiger partial charge in [0, 0.05) is 16.4 Å². The van der Waals surface area contributed by atoms with Gasteiger partial charge in [0.1, 0.15) is 12.0 Å². The van der Waals surface area contributed by atoms with Crippen LogP contribution in [0.4, 0.5) is 5.69 Å². The number of anilines is 1. The maximum Gasteiger partial charge on any atom is 0.274 e. The maximum atomic E-state index is 12.1. The van der Waals surface area contributed by atoms with Gasteiger partial charge in [-0.1, -0.05) is 6.07 Å². The number of rotatable bonds is 3. The van der Waals surface area contributed by atoms with Gasteiger partial charge in [-0.25, -0.2) is 9.67 Å². The topological polar surface area (TPSA) is 85.6 Å². The van der Waals surface area contributed by atoms with Crippen molar-refractivity contribution in [3.63, 3.8) is 0 Å². The molecule has 0 aliphatic carbocycles. The van der Waals surface area contributed by atoms with Crippen LogP contribution in [-0.4, -0.2) is 31.1 Å². The van der Waals surface area contributed by atoms with Crippen molar-refractivity contribution < 1.29 is 4.79 Å². The van der Waals surface area contributed by atoms with Gasteiger partial charge in [0.05, 0.1) is 5.69 Å². The van der Waals surface area contributed by atoms with Crippen molar-refractivity contribution in [3.05, 3.63) is 59.1 Å². The number of hydrogen-bond donors (Lipinski definition) is 1. The molecule has 21 heavy (non-hydrogen) atoms. The van der Waals surface area contributed by atoms with Gasteiger partial charge >= 0.3 is 0 Å². The molecule has 0 aliphatic rings. The predicted octanol–water partition coefficient (Wildman–Crippen LogP) is 2.07. The Hall–Kier alpha value is -2.61. The summed E-state index contributed by atoms with van der Waals surface area (Å²) < 4.78 is 2.33. The van der Waals surface area contributed by atoms with Crippen LogP contribution in [0.15, 0.2) is 53.4 Å². The minimum atomic E-state index is -0.281. The summed E-state index contributed by atoms with van der Waals surface area (Å²) in [5, 5.41) is 13.7. The van der Waals surface area contributed by atoms with Crippen molar-refractivity contribution >= 4 is 27.5 Å². The summed E-state index contributed by atoms with van der Waals surface area (Å²) >= 11 is 3.28. The zero-order chi connectivity index (χ0) is 14.7. The van der Waals surface area contributed by atoms with E-state index in [0.29, 0.717) is 11.4 Å². The molecule has 8 heteroatoms. The van der Waals surface area contributed by atoms with Gasteiger partial charge in [-0.3, -0.25) is 4.79 Å². The SMILES string of the molecule is O=C(Nc1cccc(-n2cnnn2)c1)c1ccc(Br)cn1. The Morgan fingerprint density at radius 2 is 2.14 bits per heavy atom. The molecule has 0 bridgehead atoms. The van der Waals surface area contributed by atoms with E-state index in [2.05, 4.69) is 41.8 Å². The highest BCUT2D eigenvalue weighted by Gasteiger charge is 2.08. The second kappa shape index (κ2) is 5.80. The molecule has 1 amide bonds. The molecule has 0 spiro atoms. The first kappa shape index (κ1) is 13.4. The minimum absolute atomic E-state index is 0.281. The molecule has 104 valence electrons. The molecule has 1 N–H and O–H groups in total. The molecule has 0 atom stereocenters. The lowest BCUT2D eigenvalue weighted by Gasteiger charge is -2.06. The van der Waals surface area contributed by atoms with E-state index < -0.39 is 0 Å². The first-order chi connectivity index (χ1) is 10.2. The van der Waals surface area contributed by atoms with E-state index in [4.69, 9.17) is 0 Å². The van der Waals surface area contributed by atoms with Gasteiger partial charge < -0.3 is 5.32 Å². The fraction of sp³-hybridized carbons (Fsp3) is 0. The Labute approximate surface area is 128 Å². The highest BCUT2D eigenvalue weighted by Crippen LogP contribution is 2.15. The van der Waals surface area contributed by atoms with Crippen LogP contribution in [0.3, 0.4) is 0 Å². The van der Waals surface area contributed by atoms with Crippen LogP contribution in [0.1, 0.15) is 10.5 Å². The Morgan fingerprint density at radius 3 is 2.86 bits per heavy atom. The fourth-order valence-electron chi connectivity index (χ4n) is 1.71. The number of nitrogens with one attached hydrogen (secondary N) is 1. The Balaban J connectivity index is 1.80. The van der Waals surface area contributed by atoms with Crippen molar-refractivity contribution in [1.82, 2.24) is 25.2 Å². The monoisotopic (exact) mass is 344 g/mol. The summed E-state index contributed by atoms with van der Waals surface area (Å²) in [5.74, 6) is -0.281. The lowest BCUT2D eigenvalue weighted by Crippen LogP contribution is -2.13. The van der Waals surface area contributed by atoms with Crippen molar-refractivity contribution in [1.29, 1.82) is 0 Å². The molecule has 0 unspecified atom stereocenters. The molecule has 0 fully saturated rings. The molecular weight excluding hydrogens is 336 g/mol. The van der Waals surface area contributed by atoms with E-state index in [1.807, 2.05) is 12.1 Å². The highest BCUT2D eigenvalue weighted by atomic mass is 79.9. The first-order valence-electron chi connectivity index (χ1n) is 5.99. The van der Waals surface area contributed by atoms with Gasteiger partial charge in [-0.15, -0.1) is 5.10 Å². The van der Waals surface area contributed by atoms with Crippen LogP contribution in [0.2, 0.25) is 0 Å². The smallest absolute Gasteiger partial charge is 0.274 e.